The molecule has 0 atom stereocenters. The molecule has 0 unspecified atom stereocenters. The molecule has 27 heavy (non-hydrogen) atoms. The van der Waals surface area contributed by atoms with Gasteiger partial charge in [0.15, 0.2) is 0 Å². The van der Waals surface area contributed by atoms with Crippen molar-refractivity contribution in [2.75, 3.05) is 6.54 Å². The van der Waals surface area contributed by atoms with Crippen LogP contribution in [0.4, 0.5) is 17.6 Å². The zero-order chi connectivity index (χ0) is 20.1. The Kier molecular flexibility index (Phi) is 7.13. The summed E-state index contributed by atoms with van der Waals surface area (Å²) < 4.78 is 55.6. The fourth-order valence-electron chi connectivity index (χ4n) is 2.93. The zero-order valence-electron chi connectivity index (χ0n) is 15.3. The maximum atomic E-state index is 14.7. The Balaban J connectivity index is 2.84. The van der Waals surface area contributed by atoms with Gasteiger partial charge < -0.3 is 5.43 Å². The lowest BCUT2D eigenvalue weighted by Gasteiger charge is -2.35. The van der Waals surface area contributed by atoms with Crippen molar-refractivity contribution in [3.05, 3.63) is 75.5 Å². The van der Waals surface area contributed by atoms with Crippen LogP contribution in [0.1, 0.15) is 32.8 Å². The highest BCUT2D eigenvalue weighted by molar-refractivity contribution is 6.30. The summed E-state index contributed by atoms with van der Waals surface area (Å²) in [7, 11) is 0. The number of rotatable bonds is 6. The number of hydrogen-bond donors (Lipinski definition) is 1. The van der Waals surface area contributed by atoms with Gasteiger partial charge in [-0.2, -0.15) is 0 Å². The zero-order valence-corrected chi connectivity index (χ0v) is 16.0. The lowest BCUT2D eigenvalue weighted by Crippen LogP contribution is -2.41. The summed E-state index contributed by atoms with van der Waals surface area (Å²) in [4.78, 5) is 0. The molecule has 2 nitrogen and oxygen atoms in total. The van der Waals surface area contributed by atoms with Crippen LogP contribution in [0.3, 0.4) is 0 Å². The van der Waals surface area contributed by atoms with Gasteiger partial charge in [0.1, 0.15) is 18.2 Å². The minimum Gasteiger partial charge on any atom is -0.303 e. The maximum absolute atomic E-state index is 14.7. The summed E-state index contributed by atoms with van der Waals surface area (Å²) >= 11 is 5.72. The van der Waals surface area contributed by atoms with E-state index < -0.39 is 30.2 Å². The second-order valence-electron chi connectivity index (χ2n) is 6.02. The molecule has 1 aliphatic rings. The Labute approximate surface area is 161 Å². The van der Waals surface area contributed by atoms with Crippen molar-refractivity contribution in [1.29, 1.82) is 0 Å². The first-order chi connectivity index (χ1) is 12.8. The van der Waals surface area contributed by atoms with Crippen LogP contribution in [0.25, 0.3) is 5.70 Å². The monoisotopic (exact) mass is 400 g/mol. The van der Waals surface area contributed by atoms with Gasteiger partial charge in [0, 0.05) is 16.3 Å². The molecule has 1 heterocycles. The van der Waals surface area contributed by atoms with Crippen molar-refractivity contribution >= 4 is 17.3 Å². The second-order valence-corrected chi connectivity index (χ2v) is 6.45. The molecule has 1 aromatic carbocycles. The first-order valence-corrected chi connectivity index (χ1v) is 8.89. The molecule has 2 rings (SSSR count). The Morgan fingerprint density at radius 1 is 1.26 bits per heavy atom. The molecule has 0 saturated carbocycles. The lowest BCUT2D eigenvalue weighted by molar-refractivity contribution is 0.0980. The van der Waals surface area contributed by atoms with Crippen LogP contribution in [0.5, 0.6) is 0 Å². The Bertz CT molecular complexity index is 802. The van der Waals surface area contributed by atoms with E-state index in [0.29, 0.717) is 23.3 Å². The fourth-order valence-corrected chi connectivity index (χ4v) is 3.12. The van der Waals surface area contributed by atoms with Crippen LogP contribution in [0.2, 0.25) is 5.02 Å². The van der Waals surface area contributed by atoms with Gasteiger partial charge in [0.05, 0.1) is 11.3 Å². The highest BCUT2D eigenvalue weighted by Gasteiger charge is 2.29. The number of nitrogens with zero attached hydrogens (tertiary/aromatic N) is 1. The van der Waals surface area contributed by atoms with Gasteiger partial charge in [-0.3, -0.25) is 5.01 Å². The van der Waals surface area contributed by atoms with Gasteiger partial charge in [0.25, 0.3) is 6.43 Å². The van der Waals surface area contributed by atoms with E-state index in [0.717, 1.165) is 17.1 Å². The third-order valence-corrected chi connectivity index (χ3v) is 4.06. The standard InChI is InChI=1S/C20H21ClF4N2/c1-4-6-13(7-5-2)15-8-12(3)26-27(11-18(24)25)20(15)19-16(22)9-14(21)10-17(19)23/h4,6-10,18,26H,5,11H2,1-3H3/b6-4-,13-7+. The molecule has 0 spiro atoms. The van der Waals surface area contributed by atoms with Crippen molar-refractivity contribution in [2.45, 2.75) is 33.6 Å². The van der Waals surface area contributed by atoms with Gasteiger partial charge in [0.2, 0.25) is 0 Å². The fraction of sp³-hybridized carbons (Fsp3) is 0.300. The van der Waals surface area contributed by atoms with Crippen molar-refractivity contribution in [1.82, 2.24) is 10.4 Å². The van der Waals surface area contributed by atoms with Crippen LogP contribution in [0, 0.1) is 11.6 Å². The molecule has 1 aromatic rings. The van der Waals surface area contributed by atoms with Crippen LogP contribution >= 0.6 is 11.6 Å². The number of allylic oxidation sites excluding steroid dienone is 7. The number of halogens is 5. The van der Waals surface area contributed by atoms with Gasteiger partial charge >= 0.3 is 0 Å². The molecule has 0 aliphatic carbocycles. The van der Waals surface area contributed by atoms with Crippen molar-refractivity contribution < 1.29 is 17.6 Å². The molecule has 7 heteroatoms. The molecule has 0 amide bonds. The molecule has 1 aliphatic heterocycles. The minimum absolute atomic E-state index is 0.00497. The summed E-state index contributed by atoms with van der Waals surface area (Å²) in [6, 6.07) is 1.93. The third kappa shape index (κ3) is 4.95. The molecule has 0 aromatic heterocycles. The van der Waals surface area contributed by atoms with Crippen LogP contribution < -0.4 is 5.43 Å². The number of benzene rings is 1. The Hall–Kier alpha value is -2.21. The van der Waals surface area contributed by atoms with E-state index in [1.807, 2.05) is 19.9 Å². The molecule has 0 fully saturated rings. The highest BCUT2D eigenvalue weighted by atomic mass is 35.5. The van der Waals surface area contributed by atoms with Crippen molar-refractivity contribution in [2.24, 2.45) is 0 Å². The minimum atomic E-state index is -2.71. The normalized spacial score (nSPS) is 15.7. The van der Waals surface area contributed by atoms with E-state index in [9.17, 15) is 17.6 Å². The molecular formula is C20H21ClF4N2. The summed E-state index contributed by atoms with van der Waals surface area (Å²) in [6.45, 7) is 4.69. The third-order valence-electron chi connectivity index (χ3n) is 3.84. The predicted molar refractivity (Wildman–Crippen MR) is 101 cm³/mol. The van der Waals surface area contributed by atoms with E-state index >= 15 is 0 Å². The number of nitrogens with one attached hydrogen (secondary N) is 1. The molecule has 146 valence electrons. The first-order valence-electron chi connectivity index (χ1n) is 8.51. The van der Waals surface area contributed by atoms with E-state index in [2.05, 4.69) is 5.43 Å². The van der Waals surface area contributed by atoms with Crippen molar-refractivity contribution in [3.8, 4) is 0 Å². The molecule has 0 saturated heterocycles. The maximum Gasteiger partial charge on any atom is 0.257 e. The largest absolute Gasteiger partial charge is 0.303 e. The Morgan fingerprint density at radius 2 is 1.89 bits per heavy atom. The van der Waals surface area contributed by atoms with E-state index in [4.69, 9.17) is 11.6 Å². The Morgan fingerprint density at radius 3 is 2.41 bits per heavy atom. The van der Waals surface area contributed by atoms with E-state index in [1.165, 1.54) is 0 Å². The SMILES string of the molecule is C/C=C\C(=C/CC)C1=C(c2c(F)cc(Cl)cc2F)N(CC(F)F)NC(C)=C1. The van der Waals surface area contributed by atoms with Gasteiger partial charge in [-0.15, -0.1) is 0 Å². The number of hydrogen-bond acceptors (Lipinski definition) is 2. The number of alkyl halides is 2. The van der Waals surface area contributed by atoms with E-state index in [1.54, 1.807) is 25.2 Å². The van der Waals surface area contributed by atoms with Gasteiger partial charge in [-0.05, 0) is 44.1 Å². The van der Waals surface area contributed by atoms with Crippen LogP contribution in [-0.4, -0.2) is 18.0 Å². The topological polar surface area (TPSA) is 15.3 Å². The molecule has 1 N–H and O–H groups in total. The van der Waals surface area contributed by atoms with Crippen LogP contribution in [0.15, 0.2) is 53.3 Å². The summed E-state index contributed by atoms with van der Waals surface area (Å²) in [5.74, 6) is -1.84. The smallest absolute Gasteiger partial charge is 0.257 e. The average molecular weight is 401 g/mol. The van der Waals surface area contributed by atoms with Gasteiger partial charge in [-0.25, -0.2) is 17.6 Å². The average Bonchev–Trinajstić information content (AvgIpc) is 2.54. The summed E-state index contributed by atoms with van der Waals surface area (Å²) in [5.41, 5.74) is 4.09. The molecule has 0 bridgehead atoms. The molecular weight excluding hydrogens is 380 g/mol. The van der Waals surface area contributed by atoms with Gasteiger partial charge in [-0.1, -0.05) is 36.8 Å². The van der Waals surface area contributed by atoms with E-state index in [-0.39, 0.29) is 10.7 Å². The molecule has 0 radical (unpaired) electrons. The second kappa shape index (κ2) is 9.13. The first kappa shape index (κ1) is 21.1. The predicted octanol–water partition coefficient (Wildman–Crippen LogP) is 6.23. The number of hydrazine groups is 1. The highest BCUT2D eigenvalue weighted by Crippen LogP contribution is 2.36. The van der Waals surface area contributed by atoms with Crippen LogP contribution in [-0.2, 0) is 0 Å². The van der Waals surface area contributed by atoms with Crippen molar-refractivity contribution in [3.63, 3.8) is 0 Å². The quantitative estimate of drug-likeness (QED) is 0.449. The lowest BCUT2D eigenvalue weighted by atomic mass is 9.95. The summed E-state index contributed by atoms with van der Waals surface area (Å²) in [6.07, 6.45) is 5.07. The summed E-state index contributed by atoms with van der Waals surface area (Å²) in [5, 5.41) is 0.974.